The van der Waals surface area contributed by atoms with Crippen molar-refractivity contribution in [1.82, 2.24) is 0 Å². The van der Waals surface area contributed by atoms with Crippen molar-refractivity contribution in [3.8, 4) is 34.3 Å². The van der Waals surface area contributed by atoms with Gasteiger partial charge in [0.05, 0.1) is 11.6 Å². The zero-order valence-electron chi connectivity index (χ0n) is 12.2. The molecule has 0 fully saturated rings. The van der Waals surface area contributed by atoms with Gasteiger partial charge in [0.25, 0.3) is 0 Å². The summed E-state index contributed by atoms with van der Waals surface area (Å²) in [6.07, 6.45) is 0. The average molecular weight is 301 g/mol. The molecule has 0 amide bonds. The predicted molar refractivity (Wildman–Crippen MR) is 84.1 cm³/mol. The molecule has 3 rings (SSSR count). The molecule has 0 aliphatic rings. The van der Waals surface area contributed by atoms with Crippen molar-refractivity contribution in [1.29, 1.82) is 0 Å². The van der Waals surface area contributed by atoms with E-state index in [0.717, 1.165) is 6.07 Å². The topological polar surface area (TPSA) is 92.2 Å². The van der Waals surface area contributed by atoms with Crippen molar-refractivity contribution in [3.63, 3.8) is 0 Å². The van der Waals surface area contributed by atoms with Crippen LogP contribution < -0.4 is 0 Å². The number of hydrogen-bond acceptors (Lipinski definition) is 4. The van der Waals surface area contributed by atoms with Crippen LogP contribution in [-0.2, 0) is 0 Å². The van der Waals surface area contributed by atoms with Crippen LogP contribution in [0.3, 0.4) is 0 Å². The van der Waals surface area contributed by atoms with Crippen LogP contribution in [0.2, 0.25) is 0 Å². The highest BCUT2D eigenvalue weighted by Crippen LogP contribution is 2.38. The second kappa shape index (κ2) is 6.22. The zero-order chi connectivity index (χ0) is 16.3. The molecule has 1 heterocycles. The van der Waals surface area contributed by atoms with Crippen LogP contribution in [0.1, 0.15) is 13.8 Å². The van der Waals surface area contributed by atoms with Crippen LogP contribution in [0.15, 0.2) is 46.9 Å². The Hall–Kier alpha value is -2.95. The summed E-state index contributed by atoms with van der Waals surface area (Å²) in [7, 11) is 0. The minimum absolute atomic E-state index is 0.101. The van der Waals surface area contributed by atoms with E-state index < -0.39 is 0 Å². The Balaban J connectivity index is 0.000000847. The molecule has 0 atom stereocenters. The van der Waals surface area contributed by atoms with Crippen molar-refractivity contribution in [2.24, 2.45) is 0 Å². The third-order valence-electron chi connectivity index (χ3n) is 2.96. The Morgan fingerprint density at radius 1 is 0.727 bits per heavy atom. The third-order valence-corrected chi connectivity index (χ3v) is 2.96. The molecule has 0 spiro atoms. The molecule has 0 radical (unpaired) electrons. The van der Waals surface area contributed by atoms with Gasteiger partial charge in [-0.05, 0) is 24.3 Å². The molecule has 3 aromatic rings. The van der Waals surface area contributed by atoms with Gasteiger partial charge in [0.15, 0.2) is 0 Å². The summed E-state index contributed by atoms with van der Waals surface area (Å²) >= 11 is 0. The number of fused-ring (bicyclic) bond motifs is 1. The Labute approximate surface area is 127 Å². The van der Waals surface area contributed by atoms with Gasteiger partial charge in [-0.15, -0.1) is 0 Å². The molecule has 0 saturated carbocycles. The van der Waals surface area contributed by atoms with Gasteiger partial charge in [0, 0.05) is 12.1 Å². The maximum absolute atomic E-state index is 10.00. The van der Waals surface area contributed by atoms with Crippen molar-refractivity contribution in [2.75, 3.05) is 0 Å². The summed E-state index contributed by atoms with van der Waals surface area (Å²) in [5, 5.41) is 38.7. The van der Waals surface area contributed by atoms with E-state index in [1.54, 1.807) is 12.1 Å². The van der Waals surface area contributed by atoms with Gasteiger partial charge in [-0.1, -0.05) is 13.8 Å². The first kappa shape index (κ1) is 15.4. The Kier molecular flexibility index (Phi) is 4.36. The lowest BCUT2D eigenvalue weighted by atomic mass is 10.1. The lowest BCUT2D eigenvalue weighted by Gasteiger charge is -1.99. The third kappa shape index (κ3) is 2.88. The van der Waals surface area contributed by atoms with Crippen molar-refractivity contribution >= 4 is 11.0 Å². The van der Waals surface area contributed by atoms with Crippen LogP contribution in [0.25, 0.3) is 22.3 Å². The number of phenols is 3. The highest BCUT2D eigenvalue weighted by atomic mass is 16.4. The summed E-state index contributed by atoms with van der Waals surface area (Å²) in [6.45, 7) is 4.00. The van der Waals surface area contributed by atoms with E-state index in [1.807, 2.05) is 13.8 Å². The van der Waals surface area contributed by atoms with Gasteiger partial charge in [0.1, 0.15) is 22.6 Å². The first-order valence-corrected chi connectivity index (χ1v) is 6.86. The minimum Gasteiger partial charge on any atom is -0.508 e. The largest absolute Gasteiger partial charge is 0.508 e. The molecule has 22 heavy (non-hydrogen) atoms. The number of benzene rings is 2. The highest BCUT2D eigenvalue weighted by Gasteiger charge is 2.23. The van der Waals surface area contributed by atoms with Crippen LogP contribution >= 0.6 is 0 Å². The van der Waals surface area contributed by atoms with Gasteiger partial charge >= 0.3 is 11.3 Å². The normalized spacial score (nSPS) is 10.1. The molecule has 0 bridgehead atoms. The summed E-state index contributed by atoms with van der Waals surface area (Å²) in [5.74, 6) is -0.187. The van der Waals surface area contributed by atoms with E-state index >= 15 is 0 Å². The second-order valence-electron chi connectivity index (χ2n) is 4.38. The molecular weight excluding hydrogens is 284 g/mol. The van der Waals surface area contributed by atoms with Crippen LogP contribution in [0, 0.1) is 0 Å². The predicted octanol–water partition coefficient (Wildman–Crippen LogP) is 4.23. The summed E-state index contributed by atoms with van der Waals surface area (Å²) in [4.78, 5) is 0. The van der Waals surface area contributed by atoms with Gasteiger partial charge in [-0.25, -0.2) is 4.42 Å². The van der Waals surface area contributed by atoms with Crippen molar-refractivity contribution in [2.45, 2.75) is 13.8 Å². The van der Waals surface area contributed by atoms with Gasteiger partial charge in [0.2, 0.25) is 5.75 Å². The standard InChI is InChI=1S/C15H10O5.C2H6/c16-9-3-1-8(2-4-9)15-13(19)7-11-12(18)5-10(17)6-14(11)20-15;1-2/h1-7H,(H3-,16,17,18,19);1-2H3/p+1. The first-order valence-electron chi connectivity index (χ1n) is 6.86. The number of hydrogen-bond donors (Lipinski definition) is 4. The molecule has 2 aromatic carbocycles. The van der Waals surface area contributed by atoms with E-state index in [4.69, 9.17) is 4.42 Å². The number of rotatable bonds is 1. The maximum Gasteiger partial charge on any atom is 0.401 e. The SMILES string of the molecule is CC.Oc1ccc(-c2[o+]c3cc(O)cc(O)c3cc2O)cc1. The molecule has 5 heteroatoms. The van der Waals surface area contributed by atoms with E-state index in [9.17, 15) is 20.4 Å². The molecule has 0 aliphatic heterocycles. The Morgan fingerprint density at radius 2 is 1.36 bits per heavy atom. The van der Waals surface area contributed by atoms with Gasteiger partial charge in [-0.2, -0.15) is 0 Å². The minimum atomic E-state index is -0.184. The monoisotopic (exact) mass is 301 g/mol. The first-order chi connectivity index (χ1) is 10.5. The molecular formula is C17H17O5+. The molecule has 114 valence electrons. The molecule has 4 N–H and O–H groups in total. The molecule has 1 aromatic heterocycles. The fraction of sp³-hybridized carbons (Fsp3) is 0.118. The lowest BCUT2D eigenvalue weighted by molar-refractivity contribution is 0.441. The summed E-state index contributed by atoms with van der Waals surface area (Å²) in [6, 6.07) is 9.97. The Bertz CT molecular complexity index is 794. The molecule has 0 unspecified atom stereocenters. The fourth-order valence-electron chi connectivity index (χ4n) is 2.01. The maximum atomic E-state index is 10.00. The number of phenolic OH excluding ortho intramolecular Hbond substituents is 3. The van der Waals surface area contributed by atoms with Crippen molar-refractivity contribution < 1.29 is 24.8 Å². The van der Waals surface area contributed by atoms with Crippen molar-refractivity contribution in [3.05, 3.63) is 42.5 Å². The van der Waals surface area contributed by atoms with E-state index in [2.05, 4.69) is 0 Å². The van der Waals surface area contributed by atoms with Gasteiger partial charge in [-0.3, -0.25) is 0 Å². The number of aromatic hydroxyl groups is 4. The molecule has 5 nitrogen and oxygen atoms in total. The quantitative estimate of drug-likeness (QED) is 0.505. The molecule has 0 aliphatic carbocycles. The smallest absolute Gasteiger partial charge is 0.401 e. The zero-order valence-corrected chi connectivity index (χ0v) is 12.2. The van der Waals surface area contributed by atoms with Crippen LogP contribution in [-0.4, -0.2) is 20.4 Å². The Morgan fingerprint density at radius 3 is 2.00 bits per heavy atom. The fourth-order valence-corrected chi connectivity index (χ4v) is 2.01. The highest BCUT2D eigenvalue weighted by molar-refractivity contribution is 5.88. The average Bonchev–Trinajstić information content (AvgIpc) is 2.50. The summed E-state index contributed by atoms with van der Waals surface area (Å²) < 4.78 is 5.53. The lowest BCUT2D eigenvalue weighted by Crippen LogP contribution is -1.82. The van der Waals surface area contributed by atoms with Crippen LogP contribution in [0.4, 0.5) is 0 Å². The summed E-state index contributed by atoms with van der Waals surface area (Å²) in [5.41, 5.74) is 0.799. The molecule has 0 saturated heterocycles. The van der Waals surface area contributed by atoms with Gasteiger partial charge < -0.3 is 20.4 Å². The van der Waals surface area contributed by atoms with E-state index in [-0.39, 0.29) is 34.3 Å². The van der Waals surface area contributed by atoms with Crippen LogP contribution in [0.5, 0.6) is 23.0 Å². The van der Waals surface area contributed by atoms with E-state index in [0.29, 0.717) is 10.9 Å². The van der Waals surface area contributed by atoms with E-state index in [1.165, 1.54) is 24.3 Å². The second-order valence-corrected chi connectivity index (χ2v) is 4.38.